The van der Waals surface area contributed by atoms with E-state index >= 15 is 0 Å². The summed E-state index contributed by atoms with van der Waals surface area (Å²) in [5.41, 5.74) is 3.23. The number of hydrogen-bond acceptors (Lipinski definition) is 5. The number of nitrogens with zero attached hydrogens (tertiary/aromatic N) is 2. The molecule has 0 radical (unpaired) electrons. The van der Waals surface area contributed by atoms with E-state index in [1.54, 1.807) is 19.5 Å². The highest BCUT2D eigenvalue weighted by molar-refractivity contribution is 7.91. The molecule has 0 atom stereocenters. The first-order chi connectivity index (χ1) is 14.1. The summed E-state index contributed by atoms with van der Waals surface area (Å²) in [5, 5.41) is 4.55. The van der Waals surface area contributed by atoms with Crippen LogP contribution in [0.25, 0.3) is 0 Å². The number of rotatable bonds is 5. The van der Waals surface area contributed by atoms with Crippen molar-refractivity contribution in [3.8, 4) is 0 Å². The normalized spacial score (nSPS) is 15.7. The van der Waals surface area contributed by atoms with Crippen molar-refractivity contribution < 1.29 is 18.0 Å². The second kappa shape index (κ2) is 8.87. The van der Waals surface area contributed by atoms with Crippen LogP contribution >= 0.6 is 11.3 Å². The minimum atomic E-state index is -3.67. The van der Waals surface area contributed by atoms with Crippen LogP contribution in [0.15, 0.2) is 33.9 Å². The Labute approximate surface area is 181 Å². The smallest absolute Gasteiger partial charge is 0.254 e. The first kappa shape index (κ1) is 22.5. The maximum absolute atomic E-state index is 13.0. The number of sulfonamides is 1. The van der Waals surface area contributed by atoms with Gasteiger partial charge in [-0.3, -0.25) is 9.59 Å². The van der Waals surface area contributed by atoms with Gasteiger partial charge >= 0.3 is 0 Å². The molecule has 1 saturated heterocycles. The number of anilines is 1. The van der Waals surface area contributed by atoms with Gasteiger partial charge in [0.25, 0.3) is 15.9 Å². The Morgan fingerprint density at radius 1 is 1.13 bits per heavy atom. The van der Waals surface area contributed by atoms with Gasteiger partial charge in [0.05, 0.1) is 5.56 Å². The number of benzene rings is 1. The number of piperidine rings is 1. The molecule has 1 aromatic heterocycles. The third kappa shape index (κ3) is 4.74. The van der Waals surface area contributed by atoms with Gasteiger partial charge in [-0.25, -0.2) is 8.42 Å². The minimum Gasteiger partial charge on any atom is -0.345 e. The number of carbonyl (C=O) groups is 2. The van der Waals surface area contributed by atoms with Gasteiger partial charge in [0.2, 0.25) is 5.91 Å². The van der Waals surface area contributed by atoms with E-state index < -0.39 is 10.0 Å². The summed E-state index contributed by atoms with van der Waals surface area (Å²) in [6.07, 6.45) is 0.926. The van der Waals surface area contributed by atoms with E-state index in [9.17, 15) is 18.0 Å². The molecule has 2 amide bonds. The van der Waals surface area contributed by atoms with Crippen LogP contribution in [-0.2, 0) is 14.8 Å². The van der Waals surface area contributed by atoms with Gasteiger partial charge in [-0.05, 0) is 49.9 Å². The number of amides is 2. The lowest BCUT2D eigenvalue weighted by molar-refractivity contribution is -0.120. The van der Waals surface area contributed by atoms with Gasteiger partial charge in [0, 0.05) is 44.2 Å². The molecule has 3 rings (SSSR count). The van der Waals surface area contributed by atoms with E-state index in [1.807, 2.05) is 32.0 Å². The van der Waals surface area contributed by atoms with E-state index in [4.69, 9.17) is 0 Å². The maximum Gasteiger partial charge on any atom is 0.254 e. The predicted molar refractivity (Wildman–Crippen MR) is 118 cm³/mol. The Bertz CT molecular complexity index is 1050. The molecule has 1 fully saturated rings. The van der Waals surface area contributed by atoms with Crippen molar-refractivity contribution in [3.05, 3.63) is 46.3 Å². The largest absolute Gasteiger partial charge is 0.345 e. The highest BCUT2D eigenvalue weighted by Crippen LogP contribution is 2.29. The average molecular weight is 450 g/mol. The fraction of sp³-hybridized carbons (Fsp3) is 0.429. The summed E-state index contributed by atoms with van der Waals surface area (Å²) < 4.78 is 27.5. The minimum absolute atomic E-state index is 0.0734. The van der Waals surface area contributed by atoms with Gasteiger partial charge in [-0.1, -0.05) is 12.1 Å². The van der Waals surface area contributed by atoms with Crippen LogP contribution < -0.4 is 5.32 Å². The van der Waals surface area contributed by atoms with Crippen LogP contribution in [0.3, 0.4) is 0 Å². The van der Waals surface area contributed by atoms with E-state index in [1.165, 1.54) is 15.3 Å². The van der Waals surface area contributed by atoms with Crippen molar-refractivity contribution >= 4 is 38.9 Å². The van der Waals surface area contributed by atoms with Crippen molar-refractivity contribution in [2.75, 3.05) is 32.5 Å². The van der Waals surface area contributed by atoms with Gasteiger partial charge < -0.3 is 10.2 Å². The fourth-order valence-electron chi connectivity index (χ4n) is 3.41. The topological polar surface area (TPSA) is 86.8 Å². The molecule has 0 saturated carbocycles. The molecule has 1 aliphatic heterocycles. The summed E-state index contributed by atoms with van der Waals surface area (Å²) in [6.45, 7) is 4.48. The maximum atomic E-state index is 13.0. The highest BCUT2D eigenvalue weighted by atomic mass is 32.2. The van der Waals surface area contributed by atoms with Gasteiger partial charge in [0.1, 0.15) is 4.21 Å². The van der Waals surface area contributed by atoms with Crippen molar-refractivity contribution in [1.29, 1.82) is 0 Å². The monoisotopic (exact) mass is 449 g/mol. The summed E-state index contributed by atoms with van der Waals surface area (Å²) in [6, 6.07) is 7.34. The zero-order valence-corrected chi connectivity index (χ0v) is 19.3. The lowest BCUT2D eigenvalue weighted by Gasteiger charge is -2.30. The quantitative estimate of drug-likeness (QED) is 0.760. The van der Waals surface area contributed by atoms with Crippen LogP contribution in [0.4, 0.5) is 5.69 Å². The molecule has 2 aromatic rings. The molecule has 0 aliphatic carbocycles. The molecule has 0 bridgehead atoms. The van der Waals surface area contributed by atoms with Gasteiger partial charge in [-0.2, -0.15) is 4.31 Å². The Morgan fingerprint density at radius 2 is 1.80 bits per heavy atom. The summed E-state index contributed by atoms with van der Waals surface area (Å²) >= 11 is 1.05. The van der Waals surface area contributed by atoms with Crippen LogP contribution in [0.1, 0.15) is 34.3 Å². The standard InChI is InChI=1S/C21H27N3O4S2/c1-14-5-6-15(2)18(11-14)22-20(25)16-7-9-24(10-8-16)30(27,28)19-12-17(13-29-19)21(26)23(3)4/h5-6,11-13,16H,7-10H2,1-4H3,(H,22,25). The zero-order valence-electron chi connectivity index (χ0n) is 17.6. The van der Waals surface area contributed by atoms with Crippen LogP contribution in [0.5, 0.6) is 0 Å². The molecule has 1 aromatic carbocycles. The lowest BCUT2D eigenvalue weighted by atomic mass is 9.97. The molecule has 0 spiro atoms. The van der Waals surface area contributed by atoms with E-state index in [-0.39, 0.29) is 35.0 Å². The van der Waals surface area contributed by atoms with Crippen LogP contribution in [-0.4, -0.2) is 56.6 Å². The van der Waals surface area contributed by atoms with Gasteiger partial charge in [0.15, 0.2) is 0 Å². The lowest BCUT2D eigenvalue weighted by Crippen LogP contribution is -2.41. The third-order valence-electron chi connectivity index (χ3n) is 5.30. The van der Waals surface area contributed by atoms with Crippen LogP contribution in [0.2, 0.25) is 0 Å². The molecule has 0 unspecified atom stereocenters. The van der Waals surface area contributed by atoms with Crippen molar-refractivity contribution in [3.63, 3.8) is 0 Å². The van der Waals surface area contributed by atoms with Crippen molar-refractivity contribution in [1.82, 2.24) is 9.21 Å². The van der Waals surface area contributed by atoms with Crippen molar-refractivity contribution in [2.24, 2.45) is 5.92 Å². The summed E-state index contributed by atoms with van der Waals surface area (Å²) in [7, 11) is -0.417. The van der Waals surface area contributed by atoms with Crippen molar-refractivity contribution in [2.45, 2.75) is 30.9 Å². The Hall–Kier alpha value is -2.23. The zero-order chi connectivity index (χ0) is 22.1. The van der Waals surface area contributed by atoms with E-state index in [0.717, 1.165) is 28.2 Å². The SMILES string of the molecule is Cc1ccc(C)c(NC(=O)C2CCN(S(=O)(=O)c3cc(C(=O)N(C)C)cs3)CC2)c1. The number of aryl methyl sites for hydroxylation is 2. The second-order valence-corrected chi connectivity index (χ2v) is 10.9. The molecular formula is C21H27N3O4S2. The second-order valence-electron chi connectivity index (χ2n) is 7.84. The molecule has 9 heteroatoms. The number of hydrogen-bond donors (Lipinski definition) is 1. The van der Waals surface area contributed by atoms with Gasteiger partial charge in [-0.15, -0.1) is 11.3 Å². The average Bonchev–Trinajstić information content (AvgIpc) is 3.21. The summed E-state index contributed by atoms with van der Waals surface area (Å²) in [5.74, 6) is -0.532. The number of thiophene rings is 1. The number of carbonyl (C=O) groups excluding carboxylic acids is 2. The Balaban J connectivity index is 1.64. The first-order valence-electron chi connectivity index (χ1n) is 9.78. The van der Waals surface area contributed by atoms with E-state index in [2.05, 4.69) is 5.32 Å². The fourth-order valence-corrected chi connectivity index (χ4v) is 6.19. The van der Waals surface area contributed by atoms with Crippen LogP contribution in [0, 0.1) is 19.8 Å². The molecule has 1 N–H and O–H groups in total. The summed E-state index contributed by atoms with van der Waals surface area (Å²) in [4.78, 5) is 26.1. The number of nitrogens with one attached hydrogen (secondary N) is 1. The Morgan fingerprint density at radius 3 is 2.43 bits per heavy atom. The molecule has 7 nitrogen and oxygen atoms in total. The molecule has 30 heavy (non-hydrogen) atoms. The predicted octanol–water partition coefficient (Wildman–Crippen LogP) is 3.11. The molecule has 162 valence electrons. The Kier molecular flexibility index (Phi) is 6.64. The molecular weight excluding hydrogens is 422 g/mol. The highest BCUT2D eigenvalue weighted by Gasteiger charge is 2.33. The first-order valence-corrected chi connectivity index (χ1v) is 12.1. The third-order valence-corrected chi connectivity index (χ3v) is 8.61. The molecule has 2 heterocycles. The van der Waals surface area contributed by atoms with E-state index in [0.29, 0.717) is 18.4 Å². The molecule has 1 aliphatic rings.